The first-order valence-electron chi connectivity index (χ1n) is 7.56. The standard InChI is InChI=1S/C16H23N5O3/c1-12-4-6-13(7-5-12)18-16(23)19-14-8-17-21(9-14)11-15(22)10-20(2)24-3/h4-9,15,22H,10-11H2,1-3H3,(H2,18,19,23)/t15-/m0/s1. The van der Waals surface area contributed by atoms with Gasteiger partial charge in [-0.3, -0.25) is 4.68 Å². The van der Waals surface area contributed by atoms with Crippen molar-refractivity contribution in [1.29, 1.82) is 0 Å². The van der Waals surface area contributed by atoms with Crippen molar-refractivity contribution >= 4 is 17.4 Å². The van der Waals surface area contributed by atoms with E-state index in [2.05, 4.69) is 15.7 Å². The third kappa shape index (κ3) is 5.65. The molecular weight excluding hydrogens is 310 g/mol. The SMILES string of the molecule is CON(C)C[C@H](O)Cn1cc(NC(=O)Nc2ccc(C)cc2)cn1. The lowest BCUT2D eigenvalue weighted by molar-refractivity contribution is -0.129. The molecule has 2 rings (SSSR count). The average molecular weight is 333 g/mol. The summed E-state index contributed by atoms with van der Waals surface area (Å²) in [6, 6.07) is 7.16. The molecule has 8 heteroatoms. The van der Waals surface area contributed by atoms with E-state index in [0.717, 1.165) is 5.56 Å². The molecule has 24 heavy (non-hydrogen) atoms. The van der Waals surface area contributed by atoms with Crippen LogP contribution in [-0.2, 0) is 11.4 Å². The summed E-state index contributed by atoms with van der Waals surface area (Å²) in [5, 5.41) is 21.0. The summed E-state index contributed by atoms with van der Waals surface area (Å²) in [7, 11) is 3.27. The van der Waals surface area contributed by atoms with Gasteiger partial charge in [0.05, 0.1) is 38.2 Å². The molecule has 0 saturated heterocycles. The molecule has 1 aromatic carbocycles. The minimum atomic E-state index is -0.635. The average Bonchev–Trinajstić information content (AvgIpc) is 2.96. The Morgan fingerprint density at radius 1 is 1.33 bits per heavy atom. The smallest absolute Gasteiger partial charge is 0.323 e. The predicted molar refractivity (Wildman–Crippen MR) is 91.7 cm³/mol. The fourth-order valence-electron chi connectivity index (χ4n) is 2.10. The topological polar surface area (TPSA) is 91.7 Å². The molecule has 0 radical (unpaired) electrons. The molecule has 1 aromatic heterocycles. The minimum Gasteiger partial charge on any atom is -0.390 e. The number of rotatable bonds is 7. The Morgan fingerprint density at radius 3 is 2.67 bits per heavy atom. The molecule has 0 aliphatic carbocycles. The molecule has 0 bridgehead atoms. The van der Waals surface area contributed by atoms with Crippen LogP contribution in [0.25, 0.3) is 0 Å². The number of nitrogens with one attached hydrogen (secondary N) is 2. The summed E-state index contributed by atoms with van der Waals surface area (Å²) in [4.78, 5) is 16.9. The molecule has 2 aromatic rings. The lowest BCUT2D eigenvalue weighted by Crippen LogP contribution is -2.31. The van der Waals surface area contributed by atoms with Gasteiger partial charge in [-0.2, -0.15) is 10.2 Å². The summed E-state index contributed by atoms with van der Waals surface area (Å²) >= 11 is 0. The Balaban J connectivity index is 1.84. The van der Waals surface area contributed by atoms with Crippen LogP contribution < -0.4 is 10.6 Å². The van der Waals surface area contributed by atoms with Crippen LogP contribution in [-0.4, -0.2) is 52.8 Å². The quantitative estimate of drug-likeness (QED) is 0.671. The maximum atomic E-state index is 12.0. The number of carbonyl (C=O) groups is 1. The first kappa shape index (κ1) is 17.9. The third-order valence-corrected chi connectivity index (χ3v) is 3.38. The molecule has 0 unspecified atom stereocenters. The number of hydrogen-bond donors (Lipinski definition) is 3. The van der Waals surface area contributed by atoms with Crippen molar-refractivity contribution in [2.24, 2.45) is 0 Å². The lowest BCUT2D eigenvalue weighted by Gasteiger charge is -2.17. The number of aryl methyl sites for hydroxylation is 1. The molecule has 1 heterocycles. The number of amides is 2. The summed E-state index contributed by atoms with van der Waals surface area (Å²) in [5.74, 6) is 0. The Bertz CT molecular complexity index is 656. The van der Waals surface area contributed by atoms with Crippen LogP contribution in [0.3, 0.4) is 0 Å². The summed E-state index contributed by atoms with van der Waals surface area (Å²) in [5.41, 5.74) is 2.38. The summed E-state index contributed by atoms with van der Waals surface area (Å²) < 4.78 is 1.57. The van der Waals surface area contributed by atoms with E-state index in [1.807, 2.05) is 31.2 Å². The lowest BCUT2D eigenvalue weighted by atomic mass is 10.2. The van der Waals surface area contributed by atoms with Crippen LogP contribution in [0.5, 0.6) is 0 Å². The zero-order chi connectivity index (χ0) is 17.5. The number of anilines is 2. The molecule has 130 valence electrons. The fraction of sp³-hybridized carbons (Fsp3) is 0.375. The molecule has 0 spiro atoms. The molecule has 0 saturated carbocycles. The molecule has 8 nitrogen and oxygen atoms in total. The van der Waals surface area contributed by atoms with E-state index in [1.165, 1.54) is 18.4 Å². The fourth-order valence-corrected chi connectivity index (χ4v) is 2.10. The Labute approximate surface area is 141 Å². The van der Waals surface area contributed by atoms with Gasteiger partial charge in [0.25, 0.3) is 0 Å². The van der Waals surface area contributed by atoms with Gasteiger partial charge in [0.15, 0.2) is 0 Å². The summed E-state index contributed by atoms with van der Waals surface area (Å²) in [6.45, 7) is 2.64. The number of hydrogen-bond acceptors (Lipinski definition) is 5. The van der Waals surface area contributed by atoms with Crippen molar-refractivity contribution in [2.75, 3.05) is 31.3 Å². The van der Waals surface area contributed by atoms with Gasteiger partial charge in [0.2, 0.25) is 0 Å². The minimum absolute atomic E-state index is 0.301. The monoisotopic (exact) mass is 333 g/mol. The van der Waals surface area contributed by atoms with E-state index < -0.39 is 6.10 Å². The maximum Gasteiger partial charge on any atom is 0.323 e. The second kappa shape index (κ2) is 8.44. The second-order valence-corrected chi connectivity index (χ2v) is 5.54. The zero-order valence-corrected chi connectivity index (χ0v) is 14.1. The molecular formula is C16H23N5O3. The normalized spacial score (nSPS) is 12.2. The van der Waals surface area contributed by atoms with Crippen molar-refractivity contribution in [3.63, 3.8) is 0 Å². The van der Waals surface area contributed by atoms with Gasteiger partial charge in [-0.15, -0.1) is 0 Å². The number of aliphatic hydroxyl groups is 1. The second-order valence-electron chi connectivity index (χ2n) is 5.54. The summed E-state index contributed by atoms with van der Waals surface area (Å²) in [6.07, 6.45) is 2.55. The van der Waals surface area contributed by atoms with Gasteiger partial charge in [0, 0.05) is 18.9 Å². The number of aliphatic hydroxyl groups excluding tert-OH is 1. The number of nitrogens with zero attached hydrogens (tertiary/aromatic N) is 3. The number of carbonyl (C=O) groups excluding carboxylic acids is 1. The van der Waals surface area contributed by atoms with Gasteiger partial charge in [-0.1, -0.05) is 17.7 Å². The number of benzene rings is 1. The molecule has 2 amide bonds. The van der Waals surface area contributed by atoms with Gasteiger partial charge in [-0.25, -0.2) is 4.79 Å². The highest BCUT2D eigenvalue weighted by Crippen LogP contribution is 2.10. The van der Waals surface area contributed by atoms with E-state index >= 15 is 0 Å². The largest absolute Gasteiger partial charge is 0.390 e. The van der Waals surface area contributed by atoms with Gasteiger partial charge in [0.1, 0.15) is 0 Å². The number of aromatic nitrogens is 2. The van der Waals surface area contributed by atoms with E-state index in [4.69, 9.17) is 4.84 Å². The van der Waals surface area contributed by atoms with Crippen molar-refractivity contribution in [3.8, 4) is 0 Å². The molecule has 3 N–H and O–H groups in total. The first-order chi connectivity index (χ1) is 11.5. The van der Waals surface area contributed by atoms with E-state index in [9.17, 15) is 9.90 Å². The number of likely N-dealkylation sites (N-methyl/N-ethyl adjacent to an activating group) is 1. The predicted octanol–water partition coefficient (Wildman–Crippen LogP) is 1.69. The molecule has 0 aliphatic heterocycles. The molecule has 0 aliphatic rings. The van der Waals surface area contributed by atoms with Gasteiger partial charge < -0.3 is 20.6 Å². The van der Waals surface area contributed by atoms with Crippen molar-refractivity contribution in [3.05, 3.63) is 42.2 Å². The Hall–Kier alpha value is -2.42. The first-order valence-corrected chi connectivity index (χ1v) is 7.56. The Kier molecular flexibility index (Phi) is 6.30. The van der Waals surface area contributed by atoms with E-state index in [0.29, 0.717) is 24.5 Å². The highest BCUT2D eigenvalue weighted by molar-refractivity contribution is 5.99. The highest BCUT2D eigenvalue weighted by atomic mass is 16.7. The number of hydroxylamine groups is 2. The van der Waals surface area contributed by atoms with Crippen molar-refractivity contribution in [1.82, 2.24) is 14.8 Å². The van der Waals surface area contributed by atoms with Gasteiger partial charge >= 0.3 is 6.03 Å². The van der Waals surface area contributed by atoms with Crippen LogP contribution in [0.4, 0.5) is 16.2 Å². The van der Waals surface area contributed by atoms with Crippen LogP contribution in [0, 0.1) is 6.92 Å². The van der Waals surface area contributed by atoms with E-state index in [-0.39, 0.29) is 6.03 Å². The highest BCUT2D eigenvalue weighted by Gasteiger charge is 2.10. The Morgan fingerprint density at radius 2 is 2.00 bits per heavy atom. The molecule has 1 atom stereocenters. The maximum absolute atomic E-state index is 12.0. The zero-order valence-electron chi connectivity index (χ0n) is 14.1. The van der Waals surface area contributed by atoms with E-state index in [1.54, 1.807) is 17.9 Å². The third-order valence-electron chi connectivity index (χ3n) is 3.38. The van der Waals surface area contributed by atoms with Crippen molar-refractivity contribution in [2.45, 2.75) is 19.6 Å². The number of urea groups is 1. The van der Waals surface area contributed by atoms with Crippen molar-refractivity contribution < 1.29 is 14.7 Å². The molecule has 0 fully saturated rings. The van der Waals surface area contributed by atoms with Crippen LogP contribution in [0.15, 0.2) is 36.7 Å². The van der Waals surface area contributed by atoms with Crippen LogP contribution in [0.2, 0.25) is 0 Å². The van der Waals surface area contributed by atoms with Crippen LogP contribution in [0.1, 0.15) is 5.56 Å². The van der Waals surface area contributed by atoms with Gasteiger partial charge in [-0.05, 0) is 19.1 Å². The van der Waals surface area contributed by atoms with Crippen LogP contribution >= 0.6 is 0 Å².